The van der Waals surface area contributed by atoms with E-state index in [-0.39, 0.29) is 35.8 Å². The van der Waals surface area contributed by atoms with Crippen molar-refractivity contribution in [1.82, 2.24) is 15.6 Å². The maximum atomic E-state index is 13.6. The molecule has 3 heterocycles. The molecule has 2 fully saturated rings. The SMILES string of the molecule is CC(C)Oc1cc2c(OCC3CC(F)(F)C(=O)N3)ncc(C#CC3CCNCC3)c2cc1C(N)=O. The number of hydrogen-bond donors (Lipinski definition) is 3. The Kier molecular flexibility index (Phi) is 7.08. The van der Waals surface area contributed by atoms with Crippen LogP contribution in [0.25, 0.3) is 10.8 Å². The summed E-state index contributed by atoms with van der Waals surface area (Å²) in [5.41, 5.74) is 6.40. The van der Waals surface area contributed by atoms with Crippen molar-refractivity contribution >= 4 is 22.6 Å². The number of amides is 2. The Morgan fingerprint density at radius 3 is 2.66 bits per heavy atom. The molecule has 2 aromatic rings. The van der Waals surface area contributed by atoms with Crippen LogP contribution < -0.4 is 25.8 Å². The minimum Gasteiger partial charge on any atom is -0.490 e. The van der Waals surface area contributed by atoms with Crippen molar-refractivity contribution in [2.24, 2.45) is 11.7 Å². The van der Waals surface area contributed by atoms with Crippen LogP contribution in [-0.4, -0.2) is 54.6 Å². The van der Waals surface area contributed by atoms with E-state index in [1.807, 2.05) is 13.8 Å². The summed E-state index contributed by atoms with van der Waals surface area (Å²) in [6, 6.07) is 2.35. The molecular formula is C25H28F2N4O4. The highest BCUT2D eigenvalue weighted by atomic mass is 19.3. The van der Waals surface area contributed by atoms with Crippen LogP contribution >= 0.6 is 0 Å². The first kappa shape index (κ1) is 24.7. The molecule has 2 aliphatic rings. The van der Waals surface area contributed by atoms with E-state index in [1.54, 1.807) is 12.1 Å². The van der Waals surface area contributed by atoms with Gasteiger partial charge in [-0.1, -0.05) is 11.8 Å². The van der Waals surface area contributed by atoms with Crippen molar-refractivity contribution in [2.75, 3.05) is 19.7 Å². The largest absolute Gasteiger partial charge is 0.490 e. The summed E-state index contributed by atoms with van der Waals surface area (Å²) in [6.07, 6.45) is 2.52. The molecule has 0 bridgehead atoms. The number of halogens is 2. The quantitative estimate of drug-likeness (QED) is 0.540. The number of rotatable bonds is 6. The molecule has 4 N–H and O–H groups in total. The van der Waals surface area contributed by atoms with Gasteiger partial charge in [-0.2, -0.15) is 8.78 Å². The lowest BCUT2D eigenvalue weighted by atomic mass is 9.97. The summed E-state index contributed by atoms with van der Waals surface area (Å²) in [5.74, 6) is 1.73. The number of benzene rings is 1. The summed E-state index contributed by atoms with van der Waals surface area (Å²) in [7, 11) is 0. The third-order valence-corrected chi connectivity index (χ3v) is 5.92. The van der Waals surface area contributed by atoms with Gasteiger partial charge < -0.3 is 25.8 Å². The fourth-order valence-corrected chi connectivity index (χ4v) is 4.17. The molecule has 1 aromatic carbocycles. The minimum atomic E-state index is -3.42. The average Bonchev–Trinajstić information content (AvgIpc) is 3.07. The molecule has 8 nitrogen and oxygen atoms in total. The molecule has 0 spiro atoms. The summed E-state index contributed by atoms with van der Waals surface area (Å²) >= 11 is 0. The second-order valence-electron chi connectivity index (χ2n) is 9.09. The first-order valence-electron chi connectivity index (χ1n) is 11.6. The smallest absolute Gasteiger partial charge is 0.326 e. The van der Waals surface area contributed by atoms with E-state index in [0.29, 0.717) is 16.3 Å². The number of nitrogens with zero attached hydrogens (tertiary/aromatic N) is 1. The fourth-order valence-electron chi connectivity index (χ4n) is 4.17. The van der Waals surface area contributed by atoms with Crippen molar-refractivity contribution < 1.29 is 27.8 Å². The van der Waals surface area contributed by atoms with Crippen molar-refractivity contribution in [1.29, 1.82) is 0 Å². The van der Waals surface area contributed by atoms with E-state index in [0.717, 1.165) is 25.9 Å². The standard InChI is InChI=1S/C25H28F2N4O4/c1-14(2)35-21-10-19-18(9-20(21)22(28)32)16(4-3-15-5-7-29-8-6-15)12-30-23(19)34-13-17-11-25(26,27)24(33)31-17/h9-10,12,14-15,17,29H,5-8,11,13H2,1-2H3,(H2,28,32)(H,31,33). The third-order valence-electron chi connectivity index (χ3n) is 5.92. The van der Waals surface area contributed by atoms with Gasteiger partial charge in [-0.15, -0.1) is 0 Å². The molecule has 35 heavy (non-hydrogen) atoms. The van der Waals surface area contributed by atoms with Crippen molar-refractivity contribution in [2.45, 2.75) is 51.2 Å². The normalized spacial score (nSPS) is 19.8. The van der Waals surface area contributed by atoms with Crippen LogP contribution in [0, 0.1) is 17.8 Å². The minimum absolute atomic E-state index is 0.154. The highest BCUT2D eigenvalue weighted by Gasteiger charge is 2.48. The van der Waals surface area contributed by atoms with E-state index < -0.39 is 30.2 Å². The number of primary amides is 1. The summed E-state index contributed by atoms with van der Waals surface area (Å²) in [5, 5.41) is 6.62. The molecule has 2 amide bonds. The zero-order valence-electron chi connectivity index (χ0n) is 19.6. The molecule has 1 atom stereocenters. The molecule has 2 saturated heterocycles. The number of ether oxygens (including phenoxy) is 2. The van der Waals surface area contributed by atoms with Gasteiger partial charge in [-0.25, -0.2) is 4.98 Å². The second-order valence-corrected chi connectivity index (χ2v) is 9.09. The van der Waals surface area contributed by atoms with Gasteiger partial charge in [0, 0.05) is 29.3 Å². The Hall–Kier alpha value is -3.45. The van der Waals surface area contributed by atoms with Crippen LogP contribution in [0.4, 0.5) is 8.78 Å². The van der Waals surface area contributed by atoms with Crippen molar-refractivity contribution in [3.63, 3.8) is 0 Å². The Morgan fingerprint density at radius 2 is 2.03 bits per heavy atom. The van der Waals surface area contributed by atoms with Gasteiger partial charge in [0.25, 0.3) is 11.8 Å². The number of carbonyl (C=O) groups is 2. The van der Waals surface area contributed by atoms with Crippen LogP contribution in [-0.2, 0) is 4.79 Å². The predicted octanol–water partition coefficient (Wildman–Crippen LogP) is 2.37. The summed E-state index contributed by atoms with van der Waals surface area (Å²) in [4.78, 5) is 28.0. The maximum Gasteiger partial charge on any atom is 0.326 e. The van der Waals surface area contributed by atoms with Gasteiger partial charge in [-0.3, -0.25) is 9.59 Å². The number of hydrogen-bond acceptors (Lipinski definition) is 6. The molecule has 10 heteroatoms. The van der Waals surface area contributed by atoms with E-state index in [9.17, 15) is 18.4 Å². The van der Waals surface area contributed by atoms with Gasteiger partial charge in [0.1, 0.15) is 12.4 Å². The molecule has 0 radical (unpaired) electrons. The first-order chi connectivity index (χ1) is 16.6. The molecule has 0 saturated carbocycles. The lowest BCUT2D eigenvalue weighted by Gasteiger charge is -2.18. The lowest BCUT2D eigenvalue weighted by molar-refractivity contribution is -0.139. The van der Waals surface area contributed by atoms with E-state index in [4.69, 9.17) is 15.2 Å². The summed E-state index contributed by atoms with van der Waals surface area (Å²) < 4.78 is 38.7. The van der Waals surface area contributed by atoms with Crippen LogP contribution in [0.15, 0.2) is 18.3 Å². The average molecular weight is 487 g/mol. The van der Waals surface area contributed by atoms with E-state index >= 15 is 0 Å². The van der Waals surface area contributed by atoms with E-state index in [2.05, 4.69) is 27.5 Å². The first-order valence-corrected chi connectivity index (χ1v) is 11.6. The molecule has 2 aliphatic heterocycles. The molecular weight excluding hydrogens is 458 g/mol. The van der Waals surface area contributed by atoms with Crippen LogP contribution in [0.5, 0.6) is 11.6 Å². The zero-order valence-corrected chi connectivity index (χ0v) is 19.6. The summed E-state index contributed by atoms with van der Waals surface area (Å²) in [6.45, 7) is 5.25. The number of nitrogens with one attached hydrogen (secondary N) is 2. The fraction of sp³-hybridized carbons (Fsp3) is 0.480. The maximum absolute atomic E-state index is 13.6. The van der Waals surface area contributed by atoms with Crippen molar-refractivity contribution in [3.05, 3.63) is 29.5 Å². The van der Waals surface area contributed by atoms with Gasteiger partial charge >= 0.3 is 5.92 Å². The number of piperidine rings is 1. The number of pyridine rings is 1. The highest BCUT2D eigenvalue weighted by molar-refractivity contribution is 6.03. The van der Waals surface area contributed by atoms with Gasteiger partial charge in [0.05, 0.1) is 23.3 Å². The van der Waals surface area contributed by atoms with Gasteiger partial charge in [-0.05, 0) is 51.9 Å². The molecule has 0 aliphatic carbocycles. The van der Waals surface area contributed by atoms with Crippen LogP contribution in [0.2, 0.25) is 0 Å². The van der Waals surface area contributed by atoms with Crippen LogP contribution in [0.1, 0.15) is 49.0 Å². The molecule has 1 aromatic heterocycles. The van der Waals surface area contributed by atoms with Gasteiger partial charge in [0.15, 0.2) is 0 Å². The lowest BCUT2D eigenvalue weighted by Crippen LogP contribution is -2.33. The Balaban J connectivity index is 1.72. The molecule has 186 valence electrons. The second kappa shape index (κ2) is 10.0. The molecule has 4 rings (SSSR count). The zero-order chi connectivity index (χ0) is 25.2. The van der Waals surface area contributed by atoms with Crippen molar-refractivity contribution in [3.8, 4) is 23.5 Å². The Bertz CT molecular complexity index is 1200. The number of alkyl halides is 2. The number of carbonyl (C=O) groups excluding carboxylic acids is 2. The Labute approximate surface area is 201 Å². The van der Waals surface area contributed by atoms with Crippen LogP contribution in [0.3, 0.4) is 0 Å². The third kappa shape index (κ3) is 5.62. The van der Waals surface area contributed by atoms with E-state index in [1.165, 1.54) is 6.20 Å². The predicted molar refractivity (Wildman–Crippen MR) is 125 cm³/mol. The highest BCUT2D eigenvalue weighted by Crippen LogP contribution is 2.34. The number of aromatic nitrogens is 1. The number of nitrogens with two attached hydrogens (primary N) is 1. The topological polar surface area (TPSA) is 116 Å². The van der Waals surface area contributed by atoms with Gasteiger partial charge in [0.2, 0.25) is 5.88 Å². The monoisotopic (exact) mass is 486 g/mol. The molecule has 1 unspecified atom stereocenters. The number of fused-ring (bicyclic) bond motifs is 1. The Morgan fingerprint density at radius 1 is 1.29 bits per heavy atom.